The number of allylic oxidation sites excluding steroid dienone is 1. The number of nitrogens with one attached hydrogen (secondary N) is 1. The van der Waals surface area contributed by atoms with Gasteiger partial charge >= 0.3 is 0 Å². The number of anilines is 1. The van der Waals surface area contributed by atoms with Crippen molar-refractivity contribution in [1.82, 2.24) is 5.32 Å². The normalized spacial score (nSPS) is 15.6. The van der Waals surface area contributed by atoms with E-state index in [1.54, 1.807) is 11.0 Å². The molecule has 0 fully saturated rings. The molecular weight excluding hydrogens is 588 g/mol. The van der Waals surface area contributed by atoms with Gasteiger partial charge in [0.15, 0.2) is 0 Å². The number of fused-ring (bicyclic) bond motifs is 1. The minimum atomic E-state index is -1.26. The topological polar surface area (TPSA) is 114 Å². The molecule has 0 radical (unpaired) electrons. The van der Waals surface area contributed by atoms with Gasteiger partial charge < -0.3 is 20.7 Å². The van der Waals surface area contributed by atoms with E-state index in [2.05, 4.69) is 11.9 Å². The molecule has 1 aliphatic heterocycles. The van der Waals surface area contributed by atoms with E-state index in [4.69, 9.17) is 15.5 Å². The summed E-state index contributed by atoms with van der Waals surface area (Å²) in [5, 5.41) is 2.92. The molecule has 8 heteroatoms. The summed E-state index contributed by atoms with van der Waals surface area (Å²) in [4.78, 5) is 47.6. The maximum absolute atomic E-state index is 14.5. The van der Waals surface area contributed by atoms with Crippen LogP contribution in [0.4, 0.5) is 5.69 Å². The van der Waals surface area contributed by atoms with Gasteiger partial charge in [0.2, 0.25) is 18.0 Å². The van der Waals surface area contributed by atoms with Crippen molar-refractivity contribution in [1.29, 1.82) is 0 Å². The summed E-state index contributed by atoms with van der Waals surface area (Å²) in [6.07, 6.45) is 0.977. The van der Waals surface area contributed by atoms with Crippen molar-refractivity contribution >= 4 is 29.1 Å². The van der Waals surface area contributed by atoms with Crippen LogP contribution in [0.15, 0.2) is 127 Å². The Morgan fingerprint density at radius 2 is 1.57 bits per heavy atom. The number of para-hydroxylation sites is 2. The van der Waals surface area contributed by atoms with Gasteiger partial charge in [0.05, 0.1) is 29.8 Å². The molecule has 0 aliphatic carbocycles. The second-order valence-electron chi connectivity index (χ2n) is 12.0. The fraction of sp³-hybridized carbons (Fsp3) is 0.231. The van der Waals surface area contributed by atoms with Gasteiger partial charge in [-0.3, -0.25) is 14.4 Å². The van der Waals surface area contributed by atoms with Crippen molar-refractivity contribution in [3.63, 3.8) is 0 Å². The summed E-state index contributed by atoms with van der Waals surface area (Å²) in [5.41, 5.74) is 9.37. The first-order valence-electron chi connectivity index (χ1n) is 15.8. The average molecular weight is 629 g/mol. The molecule has 0 spiro atoms. The second-order valence-corrected chi connectivity index (χ2v) is 12.0. The fourth-order valence-corrected chi connectivity index (χ4v) is 5.89. The van der Waals surface area contributed by atoms with E-state index in [0.717, 1.165) is 16.7 Å². The zero-order valence-corrected chi connectivity index (χ0v) is 26.7. The summed E-state index contributed by atoms with van der Waals surface area (Å²) < 4.78 is 6.07. The first kappa shape index (κ1) is 32.9. The smallest absolute Gasteiger partial charge is 0.272 e. The third-order valence-electron chi connectivity index (χ3n) is 8.09. The minimum Gasteiger partial charge on any atom is -0.457 e. The van der Waals surface area contributed by atoms with Gasteiger partial charge in [-0.15, -0.1) is 6.58 Å². The number of carbonyl (C=O) groups excluding carboxylic acids is 3. The Bertz CT molecular complexity index is 1750. The van der Waals surface area contributed by atoms with Crippen LogP contribution in [0.1, 0.15) is 43.4 Å². The van der Waals surface area contributed by atoms with Crippen LogP contribution in [0.3, 0.4) is 0 Å². The monoisotopic (exact) mass is 628 g/mol. The number of rotatable bonds is 13. The summed E-state index contributed by atoms with van der Waals surface area (Å²) in [6.45, 7) is 7.90. The van der Waals surface area contributed by atoms with Crippen molar-refractivity contribution in [3.05, 3.63) is 139 Å². The van der Waals surface area contributed by atoms with E-state index in [-0.39, 0.29) is 18.9 Å². The maximum Gasteiger partial charge on any atom is 0.272 e. The molecule has 0 saturated carbocycles. The lowest BCUT2D eigenvalue weighted by molar-refractivity contribution is -0.135. The van der Waals surface area contributed by atoms with Gasteiger partial charge in [0, 0.05) is 11.1 Å². The van der Waals surface area contributed by atoms with Gasteiger partial charge in [-0.1, -0.05) is 98.8 Å². The molecule has 0 saturated heterocycles. The Hall–Kier alpha value is -5.50. The zero-order valence-electron chi connectivity index (χ0n) is 26.7. The van der Waals surface area contributed by atoms with Crippen LogP contribution < -0.4 is 20.7 Å². The van der Waals surface area contributed by atoms with Gasteiger partial charge in [0.25, 0.3) is 5.91 Å². The lowest BCUT2D eigenvalue weighted by Gasteiger charge is -2.28. The zero-order chi connectivity index (χ0) is 33.3. The number of benzene rings is 4. The molecule has 8 nitrogen and oxygen atoms in total. The molecule has 240 valence electrons. The van der Waals surface area contributed by atoms with Gasteiger partial charge in [-0.2, -0.15) is 0 Å². The van der Waals surface area contributed by atoms with Crippen molar-refractivity contribution < 1.29 is 19.1 Å². The lowest BCUT2D eigenvalue weighted by Crippen LogP contribution is -2.50. The van der Waals surface area contributed by atoms with Crippen molar-refractivity contribution in [2.24, 2.45) is 28.5 Å². The van der Waals surface area contributed by atoms with Gasteiger partial charge in [-0.25, -0.2) is 4.99 Å². The summed E-state index contributed by atoms with van der Waals surface area (Å²) in [7, 11) is 0. The van der Waals surface area contributed by atoms with Crippen LogP contribution in [0, 0.1) is 17.8 Å². The number of hydrogen-bond acceptors (Lipinski definition) is 5. The number of primary amides is 1. The number of nitrogens with zero attached hydrogens (tertiary/aromatic N) is 2. The van der Waals surface area contributed by atoms with E-state index < -0.39 is 35.7 Å². The quantitative estimate of drug-likeness (QED) is 0.162. The third kappa shape index (κ3) is 8.02. The highest BCUT2D eigenvalue weighted by Crippen LogP contribution is 2.31. The number of nitrogens with two attached hydrogens (primary N) is 1. The molecule has 5 rings (SSSR count). The van der Waals surface area contributed by atoms with E-state index >= 15 is 0 Å². The van der Waals surface area contributed by atoms with Crippen LogP contribution in [0.2, 0.25) is 0 Å². The minimum absolute atomic E-state index is 0.0942. The van der Waals surface area contributed by atoms with Crippen LogP contribution in [0.5, 0.6) is 11.5 Å². The molecule has 1 unspecified atom stereocenters. The Morgan fingerprint density at radius 1 is 0.915 bits per heavy atom. The summed E-state index contributed by atoms with van der Waals surface area (Å²) >= 11 is 0. The first-order valence-corrected chi connectivity index (χ1v) is 15.8. The Kier molecular flexibility index (Phi) is 10.6. The number of ether oxygens (including phenoxy) is 1. The van der Waals surface area contributed by atoms with E-state index in [0.29, 0.717) is 29.3 Å². The van der Waals surface area contributed by atoms with Gasteiger partial charge in [0.1, 0.15) is 11.5 Å². The maximum atomic E-state index is 14.5. The van der Waals surface area contributed by atoms with Crippen molar-refractivity contribution in [2.75, 3.05) is 4.90 Å². The molecule has 3 atom stereocenters. The Balaban J connectivity index is 1.55. The second kappa shape index (κ2) is 15.2. The molecule has 4 aromatic rings. The highest BCUT2D eigenvalue weighted by atomic mass is 16.5. The van der Waals surface area contributed by atoms with Crippen molar-refractivity contribution in [3.8, 4) is 11.5 Å². The van der Waals surface area contributed by atoms with E-state index in [9.17, 15) is 14.4 Å². The summed E-state index contributed by atoms with van der Waals surface area (Å²) in [5.74, 6) is -1.56. The Morgan fingerprint density at radius 3 is 2.26 bits per heavy atom. The number of amides is 3. The number of carbonyl (C=O) groups is 3. The standard InChI is InChI=1S/C39H40N4O4/c1-4-14-31(36(40)44)33(23-26(2)3)38(45)42-37-39(46)43(25-27-15-13-20-30(24-27)47-29-18-9-6-10-19-29)34-22-12-11-21-32(34)35(41-37)28-16-7-5-8-17-28/h4-13,15-22,24,26,31,33,37H,1,14,23,25H2,2-3H3,(H2,40,44)(H,42,45)/t31-,33+,37?/m0/s1. The molecule has 47 heavy (non-hydrogen) atoms. The molecule has 0 aromatic heterocycles. The van der Waals surface area contributed by atoms with Gasteiger partial charge in [-0.05, 0) is 54.7 Å². The first-order chi connectivity index (χ1) is 22.7. The molecule has 3 N–H and O–H groups in total. The molecule has 0 bridgehead atoms. The molecule has 3 amide bonds. The van der Waals surface area contributed by atoms with Crippen LogP contribution in [-0.2, 0) is 20.9 Å². The molecule has 1 aliphatic rings. The third-order valence-corrected chi connectivity index (χ3v) is 8.09. The highest BCUT2D eigenvalue weighted by Gasteiger charge is 2.37. The van der Waals surface area contributed by atoms with Crippen molar-refractivity contribution in [2.45, 2.75) is 39.4 Å². The predicted molar refractivity (Wildman–Crippen MR) is 185 cm³/mol. The van der Waals surface area contributed by atoms with Crippen LogP contribution >= 0.6 is 0 Å². The molecule has 1 heterocycles. The average Bonchev–Trinajstić information content (AvgIpc) is 3.18. The lowest BCUT2D eigenvalue weighted by atomic mass is 9.82. The number of hydrogen-bond donors (Lipinski definition) is 2. The SMILES string of the molecule is C=CC[C@H](C(N)=O)[C@@H](CC(C)C)C(=O)NC1N=C(c2ccccc2)c2ccccc2N(Cc2cccc(Oc3ccccc3)c2)C1=O. The molecule has 4 aromatic carbocycles. The fourth-order valence-electron chi connectivity index (χ4n) is 5.89. The van der Waals surface area contributed by atoms with Crippen LogP contribution in [-0.4, -0.2) is 29.6 Å². The largest absolute Gasteiger partial charge is 0.457 e. The molecular formula is C39H40N4O4. The van der Waals surface area contributed by atoms with E-state index in [1.165, 1.54) is 0 Å². The number of benzodiazepines with no additional fused rings is 1. The summed E-state index contributed by atoms with van der Waals surface area (Å²) in [6, 6.07) is 34.2. The Labute approximate surface area is 276 Å². The predicted octanol–water partition coefficient (Wildman–Crippen LogP) is 6.65. The number of aliphatic imine (C=N–C) groups is 1. The highest BCUT2D eigenvalue weighted by molar-refractivity contribution is 6.20. The van der Waals surface area contributed by atoms with Crippen LogP contribution in [0.25, 0.3) is 0 Å². The van der Waals surface area contributed by atoms with E-state index in [1.807, 2.05) is 123 Å².